The molecule has 3 nitrogen and oxygen atoms in total. The summed E-state index contributed by atoms with van der Waals surface area (Å²) in [4.78, 5) is 7.19. The van der Waals surface area contributed by atoms with Crippen LogP contribution in [0.2, 0.25) is 0 Å². The minimum Gasteiger partial charge on any atom is -0.322 e. The van der Waals surface area contributed by atoms with Crippen molar-refractivity contribution in [2.45, 2.75) is 25.8 Å². The van der Waals surface area contributed by atoms with Crippen molar-refractivity contribution >= 4 is 34.0 Å². The maximum absolute atomic E-state index is 9.20. The predicted octanol–water partition coefficient (Wildman–Crippen LogP) is 4.32. The van der Waals surface area contributed by atoms with Crippen LogP contribution in [0.3, 0.4) is 0 Å². The van der Waals surface area contributed by atoms with E-state index in [2.05, 4.69) is 34.7 Å². The zero-order valence-electron chi connectivity index (χ0n) is 11.6. The molecule has 2 aromatic heterocycles. The van der Waals surface area contributed by atoms with Gasteiger partial charge in [-0.3, -0.25) is 0 Å². The number of thiophene rings is 1. The lowest BCUT2D eigenvalue weighted by atomic mass is 10.2. The fraction of sp³-hybridized carbons (Fsp3) is 0.250. The van der Waals surface area contributed by atoms with E-state index < -0.39 is 0 Å². The van der Waals surface area contributed by atoms with Gasteiger partial charge in [0.1, 0.15) is 17.4 Å². The summed E-state index contributed by atoms with van der Waals surface area (Å²) < 4.78 is 2.11. The Hall–Kier alpha value is -1.83. The lowest BCUT2D eigenvalue weighted by Crippen LogP contribution is -2.02. The van der Waals surface area contributed by atoms with E-state index in [1.165, 1.54) is 9.75 Å². The number of nitrogens with zero attached hydrogens (tertiary/aromatic N) is 3. The van der Waals surface area contributed by atoms with Crippen molar-refractivity contribution in [2.75, 3.05) is 0 Å². The predicted molar refractivity (Wildman–Crippen MR) is 86.8 cm³/mol. The van der Waals surface area contributed by atoms with E-state index in [4.69, 9.17) is 11.6 Å². The number of fused-ring (bicyclic) bond motifs is 1. The third kappa shape index (κ3) is 2.55. The number of nitriles is 1. The topological polar surface area (TPSA) is 41.6 Å². The first-order valence-electron chi connectivity index (χ1n) is 6.78. The molecule has 0 radical (unpaired) electrons. The first kappa shape index (κ1) is 14.1. The molecule has 3 aromatic rings. The average molecular weight is 316 g/mol. The van der Waals surface area contributed by atoms with Crippen molar-refractivity contribution in [3.63, 3.8) is 0 Å². The maximum atomic E-state index is 9.20. The molecule has 0 saturated carbocycles. The van der Waals surface area contributed by atoms with E-state index in [-0.39, 0.29) is 0 Å². The molecule has 0 aliphatic carbocycles. The highest BCUT2D eigenvalue weighted by Gasteiger charge is 2.13. The van der Waals surface area contributed by atoms with Gasteiger partial charge in [0, 0.05) is 9.75 Å². The number of alkyl halides is 1. The Labute approximate surface area is 132 Å². The van der Waals surface area contributed by atoms with Gasteiger partial charge in [-0.1, -0.05) is 13.0 Å². The first-order chi connectivity index (χ1) is 10.3. The largest absolute Gasteiger partial charge is 0.322 e. The zero-order chi connectivity index (χ0) is 14.8. The fourth-order valence-electron chi connectivity index (χ4n) is 2.42. The van der Waals surface area contributed by atoms with Gasteiger partial charge in [-0.05, 0) is 30.7 Å². The van der Waals surface area contributed by atoms with Gasteiger partial charge in [0.2, 0.25) is 0 Å². The van der Waals surface area contributed by atoms with Crippen LogP contribution in [0, 0.1) is 11.3 Å². The number of aryl methyl sites for hydroxylation is 1. The van der Waals surface area contributed by atoms with Gasteiger partial charge >= 0.3 is 0 Å². The SMILES string of the molecule is CCc1ccc(Cn2c(CCl)nc3c(C#N)cccc32)s1. The van der Waals surface area contributed by atoms with Crippen LogP contribution in [0.5, 0.6) is 0 Å². The molecular formula is C16H14ClN3S. The number of hydrogen-bond donors (Lipinski definition) is 0. The third-order valence-electron chi connectivity index (χ3n) is 3.48. The smallest absolute Gasteiger partial charge is 0.125 e. The van der Waals surface area contributed by atoms with E-state index in [0.717, 1.165) is 29.8 Å². The van der Waals surface area contributed by atoms with Gasteiger partial charge in [0.25, 0.3) is 0 Å². The molecule has 5 heteroatoms. The Kier molecular flexibility index (Phi) is 3.96. The van der Waals surface area contributed by atoms with E-state index >= 15 is 0 Å². The third-order valence-corrected chi connectivity index (χ3v) is 4.93. The number of halogens is 1. The summed E-state index contributed by atoms with van der Waals surface area (Å²) in [6, 6.07) is 12.2. The van der Waals surface area contributed by atoms with Gasteiger partial charge in [-0.2, -0.15) is 5.26 Å². The van der Waals surface area contributed by atoms with Crippen molar-refractivity contribution in [1.82, 2.24) is 9.55 Å². The lowest BCUT2D eigenvalue weighted by Gasteiger charge is -2.06. The summed E-state index contributed by atoms with van der Waals surface area (Å²) in [5.74, 6) is 1.15. The quantitative estimate of drug-likeness (QED) is 0.673. The zero-order valence-corrected chi connectivity index (χ0v) is 13.2. The minimum absolute atomic E-state index is 0.339. The van der Waals surface area contributed by atoms with Gasteiger partial charge in [-0.25, -0.2) is 4.98 Å². The lowest BCUT2D eigenvalue weighted by molar-refractivity contribution is 0.789. The van der Waals surface area contributed by atoms with Gasteiger partial charge in [-0.15, -0.1) is 22.9 Å². The van der Waals surface area contributed by atoms with Crippen LogP contribution in [-0.4, -0.2) is 9.55 Å². The monoisotopic (exact) mass is 315 g/mol. The Morgan fingerprint density at radius 3 is 2.76 bits per heavy atom. The van der Waals surface area contributed by atoms with Crippen molar-refractivity contribution in [3.05, 3.63) is 51.5 Å². The van der Waals surface area contributed by atoms with Crippen LogP contribution in [0.15, 0.2) is 30.3 Å². The molecule has 0 atom stereocenters. The number of benzene rings is 1. The molecular weight excluding hydrogens is 302 g/mol. The molecule has 3 rings (SSSR count). The molecule has 1 aromatic carbocycles. The summed E-state index contributed by atoms with van der Waals surface area (Å²) in [5.41, 5.74) is 2.30. The molecule has 0 spiro atoms. The number of para-hydroxylation sites is 1. The van der Waals surface area contributed by atoms with Gasteiger partial charge < -0.3 is 4.57 Å². The maximum Gasteiger partial charge on any atom is 0.125 e. The van der Waals surface area contributed by atoms with Crippen LogP contribution in [-0.2, 0) is 18.8 Å². The Morgan fingerprint density at radius 1 is 1.29 bits per heavy atom. The standard InChI is InChI=1S/C16H14ClN3S/c1-2-12-6-7-13(21-12)10-20-14-5-3-4-11(9-18)16(14)19-15(20)8-17/h3-7H,2,8,10H2,1H3. The van der Waals surface area contributed by atoms with Crippen LogP contribution < -0.4 is 0 Å². The van der Waals surface area contributed by atoms with E-state index in [0.29, 0.717) is 11.4 Å². The van der Waals surface area contributed by atoms with Crippen molar-refractivity contribution in [1.29, 1.82) is 5.26 Å². The molecule has 106 valence electrons. The van der Waals surface area contributed by atoms with Crippen molar-refractivity contribution in [3.8, 4) is 6.07 Å². The average Bonchev–Trinajstić information content (AvgIpc) is 3.12. The summed E-state index contributed by atoms with van der Waals surface area (Å²) in [6.45, 7) is 2.91. The second kappa shape index (κ2) is 5.88. The van der Waals surface area contributed by atoms with Crippen molar-refractivity contribution in [2.24, 2.45) is 0 Å². The molecule has 0 bridgehead atoms. The van der Waals surface area contributed by atoms with Crippen LogP contribution in [0.25, 0.3) is 11.0 Å². The summed E-state index contributed by atoms with van der Waals surface area (Å²) in [5, 5.41) is 9.20. The van der Waals surface area contributed by atoms with E-state index in [1.807, 2.05) is 23.5 Å². The number of imidazole rings is 1. The Bertz CT molecular complexity index is 826. The molecule has 0 fully saturated rings. The molecule has 0 unspecified atom stereocenters. The molecule has 21 heavy (non-hydrogen) atoms. The molecule has 2 heterocycles. The Balaban J connectivity index is 2.10. The summed E-state index contributed by atoms with van der Waals surface area (Å²) in [7, 11) is 0. The normalized spacial score (nSPS) is 10.9. The number of hydrogen-bond acceptors (Lipinski definition) is 3. The molecule has 0 aliphatic heterocycles. The minimum atomic E-state index is 0.339. The highest BCUT2D eigenvalue weighted by atomic mass is 35.5. The van der Waals surface area contributed by atoms with Crippen molar-refractivity contribution < 1.29 is 0 Å². The van der Waals surface area contributed by atoms with Gasteiger partial charge in [0.15, 0.2) is 0 Å². The molecule has 0 amide bonds. The molecule has 0 saturated heterocycles. The number of rotatable bonds is 4. The van der Waals surface area contributed by atoms with E-state index in [9.17, 15) is 5.26 Å². The second-order valence-corrected chi connectivity index (χ2v) is 6.27. The van der Waals surface area contributed by atoms with Crippen LogP contribution >= 0.6 is 22.9 Å². The number of aromatic nitrogens is 2. The highest BCUT2D eigenvalue weighted by Crippen LogP contribution is 2.24. The molecule has 0 N–H and O–H groups in total. The fourth-order valence-corrected chi connectivity index (χ4v) is 3.57. The molecule has 0 aliphatic rings. The van der Waals surface area contributed by atoms with Crippen LogP contribution in [0.4, 0.5) is 0 Å². The summed E-state index contributed by atoms with van der Waals surface area (Å²) >= 11 is 7.85. The second-order valence-electron chi connectivity index (χ2n) is 4.75. The summed E-state index contributed by atoms with van der Waals surface area (Å²) in [6.07, 6.45) is 1.05. The first-order valence-corrected chi connectivity index (χ1v) is 8.13. The Morgan fingerprint density at radius 2 is 2.10 bits per heavy atom. The van der Waals surface area contributed by atoms with Gasteiger partial charge in [0.05, 0.1) is 23.5 Å². The van der Waals surface area contributed by atoms with Crippen LogP contribution in [0.1, 0.15) is 28.1 Å². The van der Waals surface area contributed by atoms with E-state index in [1.54, 1.807) is 6.07 Å². The highest BCUT2D eigenvalue weighted by molar-refractivity contribution is 7.11.